The number of nitrogens with one attached hydrogen (secondary N) is 7. The second-order valence-electron chi connectivity index (χ2n) is 17.6. The molecule has 0 aromatic rings. The lowest BCUT2D eigenvalue weighted by Crippen LogP contribution is -2.59. The van der Waals surface area contributed by atoms with Crippen molar-refractivity contribution in [2.24, 2.45) is 0 Å². The van der Waals surface area contributed by atoms with E-state index in [-0.39, 0.29) is 108 Å². The highest BCUT2D eigenvalue weighted by Crippen LogP contribution is 2.12. The van der Waals surface area contributed by atoms with Crippen molar-refractivity contribution in [2.45, 2.75) is 231 Å². The molecule has 0 radical (unpaired) electrons. The van der Waals surface area contributed by atoms with E-state index in [2.05, 4.69) is 58.0 Å². The molecule has 498 valence electrons. The average molecular weight is 1200 g/mol. The average Bonchev–Trinajstić information content (AvgIpc) is 3.54. The second kappa shape index (κ2) is 84.5. The first-order valence-electron chi connectivity index (χ1n) is 32.4. The fourth-order valence-corrected chi connectivity index (χ4v) is 6.34. The van der Waals surface area contributed by atoms with Crippen molar-refractivity contribution in [3.05, 3.63) is 0 Å². The van der Waals surface area contributed by atoms with E-state index in [1.165, 1.54) is 25.7 Å². The molecule has 0 rings (SSSR count). The highest BCUT2D eigenvalue weighted by atomic mass is 16.6. The molecule has 83 heavy (non-hydrogen) atoms. The summed E-state index contributed by atoms with van der Waals surface area (Å²) in [6, 6.07) is 0. The highest BCUT2D eigenvalue weighted by Gasteiger charge is 2.34. The largest absolute Gasteiger partial charge is 0.379 e. The molecule has 0 aliphatic rings. The molecule has 0 spiro atoms. The SMILES string of the molecule is CC.CC.CC.CC.CC.CCCCCC.CCCCCC(=O)NCCCNC(=O)CCOCC(COCCC(=O)NCCCNC=O)(COCCC(=O)NCCCNC(=O)CCCC)NC(=O)CCOCCOCCOCCOCCC. The van der Waals surface area contributed by atoms with E-state index in [1.807, 2.05) is 83.1 Å². The normalized spacial score (nSPS) is 10.6. The minimum absolute atomic E-state index is 0.000107. The standard InChI is InChI=1S/C46H87N7O14.C6H14.5C2H6/c1-4-7-9-14-41(56)49-22-12-24-52-44(59)17-29-67-38-46(36-65-27-15-42(57)50-20-10-19-47-39-54,37-66-28-16-43(58)51-23-11-21-48-40(55)13-8-5-2)53-45(60)18-26-62-31-33-64-35-34-63-32-30-61-25-6-3;1-3-5-6-4-2;5*1-2/h39H,4-38H2,1-3H3,(H,47,54)(H,48,55)(H,49,56)(H,50,57)(H,51,58)(H,52,59)(H,53,60);3-6H2,1-2H3;5*1-2H3. The van der Waals surface area contributed by atoms with Gasteiger partial charge in [-0.25, -0.2) is 0 Å². The Morgan fingerprint density at radius 2 is 0.578 bits per heavy atom. The molecule has 0 aliphatic carbocycles. The van der Waals surface area contributed by atoms with Crippen LogP contribution in [0.25, 0.3) is 0 Å². The van der Waals surface area contributed by atoms with Gasteiger partial charge in [0.05, 0.1) is 85.9 Å². The number of rotatable bonds is 53. The summed E-state index contributed by atoms with van der Waals surface area (Å²) in [4.78, 5) is 85.4. The third kappa shape index (κ3) is 80.1. The number of ether oxygens (including phenoxy) is 7. The molecule has 0 saturated carbocycles. The first-order valence-corrected chi connectivity index (χ1v) is 32.4. The van der Waals surface area contributed by atoms with Gasteiger partial charge >= 0.3 is 0 Å². The van der Waals surface area contributed by atoms with Gasteiger partial charge in [0.2, 0.25) is 41.9 Å². The van der Waals surface area contributed by atoms with Crippen molar-refractivity contribution in [1.29, 1.82) is 0 Å². The third-order valence-electron chi connectivity index (χ3n) is 10.5. The van der Waals surface area contributed by atoms with Gasteiger partial charge in [0.1, 0.15) is 5.54 Å². The van der Waals surface area contributed by atoms with Gasteiger partial charge < -0.3 is 70.4 Å². The van der Waals surface area contributed by atoms with Crippen LogP contribution in [0.5, 0.6) is 0 Å². The zero-order valence-corrected chi connectivity index (χ0v) is 55.9. The van der Waals surface area contributed by atoms with Crippen LogP contribution >= 0.6 is 0 Å². The van der Waals surface area contributed by atoms with Crippen LogP contribution in [0.15, 0.2) is 0 Å². The summed E-state index contributed by atoms with van der Waals surface area (Å²) in [5.74, 6) is -1.17. The Balaban J connectivity index is -0.000000646. The van der Waals surface area contributed by atoms with E-state index < -0.39 is 11.4 Å². The Labute approximate surface area is 507 Å². The van der Waals surface area contributed by atoms with Crippen LogP contribution in [0.3, 0.4) is 0 Å². The van der Waals surface area contributed by atoms with Gasteiger partial charge in [-0.05, 0) is 38.5 Å². The Morgan fingerprint density at radius 3 is 0.916 bits per heavy atom. The number of carbonyl (C=O) groups excluding carboxylic acids is 7. The van der Waals surface area contributed by atoms with Gasteiger partial charge in [0.25, 0.3) is 0 Å². The Hall–Kier alpha value is -3.99. The predicted molar refractivity (Wildman–Crippen MR) is 339 cm³/mol. The molecular weight excluding hydrogens is 1070 g/mol. The molecule has 0 aromatic heterocycles. The van der Waals surface area contributed by atoms with E-state index in [0.717, 1.165) is 38.5 Å². The van der Waals surface area contributed by atoms with Crippen LogP contribution in [0.4, 0.5) is 0 Å². The minimum Gasteiger partial charge on any atom is -0.379 e. The molecule has 1 atom stereocenters. The van der Waals surface area contributed by atoms with E-state index in [0.29, 0.717) is 117 Å². The molecule has 21 nitrogen and oxygen atoms in total. The molecule has 0 aromatic carbocycles. The van der Waals surface area contributed by atoms with Gasteiger partial charge in [-0.15, -0.1) is 0 Å². The summed E-state index contributed by atoms with van der Waals surface area (Å²) in [7, 11) is 0. The zero-order chi connectivity index (χ0) is 64.1. The summed E-state index contributed by atoms with van der Waals surface area (Å²) in [6.45, 7) is 35.8. The topological polar surface area (TPSA) is 268 Å². The van der Waals surface area contributed by atoms with E-state index in [1.54, 1.807) is 0 Å². The summed E-state index contributed by atoms with van der Waals surface area (Å²) in [6.07, 6.45) is 14.4. The van der Waals surface area contributed by atoms with Crippen LogP contribution in [0.2, 0.25) is 0 Å². The van der Waals surface area contributed by atoms with Crippen LogP contribution in [-0.4, -0.2) is 179 Å². The van der Waals surface area contributed by atoms with Crippen LogP contribution in [-0.2, 0) is 66.7 Å². The molecule has 0 aliphatic heterocycles. The predicted octanol–water partition coefficient (Wildman–Crippen LogP) is 8.91. The summed E-state index contributed by atoms with van der Waals surface area (Å²) in [5.41, 5.74) is -1.29. The number of hydrogen-bond acceptors (Lipinski definition) is 14. The van der Waals surface area contributed by atoms with Gasteiger partial charge in [0, 0.05) is 84.4 Å². The van der Waals surface area contributed by atoms with Crippen molar-refractivity contribution >= 4 is 41.9 Å². The maximum absolute atomic E-state index is 13.4. The van der Waals surface area contributed by atoms with Crippen molar-refractivity contribution in [3.8, 4) is 0 Å². The number of amides is 7. The minimum atomic E-state index is -1.29. The Bertz CT molecular complexity index is 1350. The van der Waals surface area contributed by atoms with Gasteiger partial charge in [0.15, 0.2) is 0 Å². The molecule has 0 saturated heterocycles. The molecule has 21 heteroatoms. The van der Waals surface area contributed by atoms with Gasteiger partial charge in [-0.3, -0.25) is 33.6 Å². The molecule has 7 N–H and O–H groups in total. The second-order valence-corrected chi connectivity index (χ2v) is 17.6. The molecular formula is C62H131N7O14. The van der Waals surface area contributed by atoms with Gasteiger partial charge in [-0.1, -0.05) is 149 Å². The van der Waals surface area contributed by atoms with E-state index >= 15 is 0 Å². The molecule has 0 heterocycles. The maximum Gasteiger partial charge on any atom is 0.222 e. The smallest absolute Gasteiger partial charge is 0.222 e. The first-order chi connectivity index (χ1) is 40.5. The molecule has 7 amide bonds. The van der Waals surface area contributed by atoms with Crippen LogP contribution in [0.1, 0.15) is 226 Å². The van der Waals surface area contributed by atoms with Crippen molar-refractivity contribution < 1.29 is 66.7 Å². The maximum atomic E-state index is 13.4. The fraction of sp³-hybridized carbons (Fsp3) is 0.887. The van der Waals surface area contributed by atoms with Gasteiger partial charge in [-0.2, -0.15) is 0 Å². The van der Waals surface area contributed by atoms with E-state index in [9.17, 15) is 33.6 Å². The third-order valence-corrected chi connectivity index (χ3v) is 10.5. The monoisotopic (exact) mass is 1200 g/mol. The Morgan fingerprint density at radius 1 is 0.301 bits per heavy atom. The first kappa shape index (κ1) is 92.7. The van der Waals surface area contributed by atoms with Crippen LogP contribution < -0.4 is 37.2 Å². The summed E-state index contributed by atoms with van der Waals surface area (Å²) < 4.78 is 39.9. The quantitative estimate of drug-likeness (QED) is 0.0221. The highest BCUT2D eigenvalue weighted by molar-refractivity contribution is 5.78. The molecule has 1 unspecified atom stereocenters. The van der Waals surface area contributed by atoms with Crippen LogP contribution in [0, 0.1) is 0 Å². The van der Waals surface area contributed by atoms with Crippen molar-refractivity contribution in [2.75, 3.05) is 132 Å². The number of unbranched alkanes of at least 4 members (excludes halogenated alkanes) is 6. The fourth-order valence-electron chi connectivity index (χ4n) is 6.34. The lowest BCUT2D eigenvalue weighted by Gasteiger charge is -2.34. The lowest BCUT2D eigenvalue weighted by molar-refractivity contribution is -0.131. The number of carbonyl (C=O) groups is 7. The summed E-state index contributed by atoms with van der Waals surface area (Å²) in [5, 5.41) is 19.6. The molecule has 0 fully saturated rings. The lowest BCUT2D eigenvalue weighted by atomic mass is 10.0. The molecule has 0 bridgehead atoms. The van der Waals surface area contributed by atoms with Crippen molar-refractivity contribution in [3.63, 3.8) is 0 Å². The zero-order valence-electron chi connectivity index (χ0n) is 55.9. The Kier molecular flexibility index (Phi) is 94.4. The van der Waals surface area contributed by atoms with Crippen molar-refractivity contribution in [1.82, 2.24) is 37.2 Å². The van der Waals surface area contributed by atoms with E-state index in [4.69, 9.17) is 33.2 Å². The summed E-state index contributed by atoms with van der Waals surface area (Å²) >= 11 is 0. The number of hydrogen-bond donors (Lipinski definition) is 7.